The van der Waals surface area contributed by atoms with Crippen LogP contribution in [0, 0.1) is 0 Å². The van der Waals surface area contributed by atoms with Gasteiger partial charge in [0.2, 0.25) is 5.91 Å². The van der Waals surface area contributed by atoms with E-state index in [1.54, 1.807) is 4.90 Å². The number of amides is 1. The molecule has 1 aliphatic rings. The second kappa shape index (κ2) is 6.58. The Hall–Kier alpha value is -1.40. The number of hydrogen-bond donors (Lipinski definition) is 1. The van der Waals surface area contributed by atoms with E-state index < -0.39 is 15.1 Å². The highest BCUT2D eigenvalue weighted by atomic mass is 32.2. The molecule has 21 heavy (non-hydrogen) atoms. The van der Waals surface area contributed by atoms with Gasteiger partial charge in [-0.25, -0.2) is 8.42 Å². The number of carbonyl (C=O) groups is 1. The lowest BCUT2D eigenvalue weighted by Crippen LogP contribution is -2.51. The number of nitrogens with zero attached hydrogens (tertiary/aromatic N) is 1. The molecular formula is C15H22N2O3S. The predicted octanol–water partition coefficient (Wildman–Crippen LogP) is 0.592. The molecule has 0 spiro atoms. The molecule has 116 valence electrons. The zero-order chi connectivity index (χ0) is 15.5. The zero-order valence-corrected chi connectivity index (χ0v) is 13.1. The van der Waals surface area contributed by atoms with Crippen LogP contribution in [0.25, 0.3) is 0 Å². The zero-order valence-electron chi connectivity index (χ0n) is 12.2. The molecule has 1 amide bonds. The third kappa shape index (κ3) is 4.28. The average Bonchev–Trinajstić information content (AvgIpc) is 2.44. The van der Waals surface area contributed by atoms with Crippen LogP contribution in [-0.4, -0.2) is 49.9 Å². The van der Waals surface area contributed by atoms with E-state index in [1.807, 2.05) is 30.3 Å². The van der Waals surface area contributed by atoms with Crippen molar-refractivity contribution in [2.24, 2.45) is 5.73 Å². The third-order valence-corrected chi connectivity index (χ3v) is 5.23. The van der Waals surface area contributed by atoms with Gasteiger partial charge >= 0.3 is 0 Å². The molecule has 1 fully saturated rings. The summed E-state index contributed by atoms with van der Waals surface area (Å²) in [5.74, 6) is -0.323. The first-order chi connectivity index (χ1) is 9.88. The Bertz CT molecular complexity index is 586. The maximum Gasteiger partial charge on any atom is 0.241 e. The summed E-state index contributed by atoms with van der Waals surface area (Å²) in [5.41, 5.74) is 6.73. The average molecular weight is 310 g/mol. The first-order valence-electron chi connectivity index (χ1n) is 7.15. The van der Waals surface area contributed by atoms with Crippen molar-refractivity contribution in [3.8, 4) is 0 Å². The summed E-state index contributed by atoms with van der Waals surface area (Å²) in [4.78, 5) is 14.2. The summed E-state index contributed by atoms with van der Waals surface area (Å²) in [5, 5.41) is -1.02. The van der Waals surface area contributed by atoms with Gasteiger partial charge < -0.3 is 10.6 Å². The van der Waals surface area contributed by atoms with Crippen LogP contribution in [-0.2, 0) is 21.1 Å². The minimum Gasteiger partial charge on any atom is -0.340 e. The molecule has 1 saturated heterocycles. The molecule has 1 heterocycles. The monoisotopic (exact) mass is 310 g/mol. The summed E-state index contributed by atoms with van der Waals surface area (Å²) in [6.07, 6.45) is 3.05. The number of hydrogen-bond acceptors (Lipinski definition) is 4. The van der Waals surface area contributed by atoms with E-state index in [-0.39, 0.29) is 18.4 Å². The van der Waals surface area contributed by atoms with E-state index in [2.05, 4.69) is 0 Å². The molecule has 0 saturated carbocycles. The molecule has 0 radical (unpaired) electrons. The molecule has 2 N–H and O–H groups in total. The molecule has 5 nitrogen and oxygen atoms in total. The number of piperidine rings is 1. The normalized spacial score (nSPS) is 21.0. The Balaban J connectivity index is 2.18. The van der Waals surface area contributed by atoms with E-state index in [0.717, 1.165) is 24.7 Å². The standard InChI is InChI=1S/C15H22N2O3S/c1-21(19,20)14(10-12-6-3-2-4-7-12)15(18)17-9-5-8-13(16)11-17/h2-4,6-7,13-14H,5,8-11,16H2,1H3/t13-,14+/m1/s1. The Morgan fingerprint density at radius 3 is 2.62 bits per heavy atom. The van der Waals surface area contributed by atoms with Crippen molar-refractivity contribution in [3.63, 3.8) is 0 Å². The number of sulfone groups is 1. The van der Waals surface area contributed by atoms with Crippen LogP contribution >= 0.6 is 0 Å². The molecule has 1 aliphatic heterocycles. The van der Waals surface area contributed by atoms with Gasteiger partial charge in [0, 0.05) is 25.4 Å². The molecule has 6 heteroatoms. The molecule has 0 bridgehead atoms. The van der Waals surface area contributed by atoms with E-state index in [9.17, 15) is 13.2 Å². The Morgan fingerprint density at radius 1 is 1.38 bits per heavy atom. The highest BCUT2D eigenvalue weighted by molar-refractivity contribution is 7.92. The van der Waals surface area contributed by atoms with Gasteiger partial charge in [-0.05, 0) is 24.8 Å². The molecule has 1 aromatic rings. The second-order valence-electron chi connectivity index (χ2n) is 5.69. The van der Waals surface area contributed by atoms with Crippen molar-refractivity contribution in [2.45, 2.75) is 30.6 Å². The van der Waals surface area contributed by atoms with E-state index >= 15 is 0 Å². The molecule has 1 aromatic carbocycles. The maximum absolute atomic E-state index is 12.6. The van der Waals surface area contributed by atoms with Crippen LogP contribution in [0.5, 0.6) is 0 Å². The van der Waals surface area contributed by atoms with E-state index in [0.29, 0.717) is 13.1 Å². The van der Waals surface area contributed by atoms with Gasteiger partial charge in [-0.3, -0.25) is 4.79 Å². The predicted molar refractivity (Wildman–Crippen MR) is 82.6 cm³/mol. The van der Waals surface area contributed by atoms with Crippen LogP contribution in [0.4, 0.5) is 0 Å². The van der Waals surface area contributed by atoms with E-state index in [4.69, 9.17) is 5.73 Å². The van der Waals surface area contributed by atoms with Crippen LogP contribution in [0.15, 0.2) is 30.3 Å². The number of nitrogens with two attached hydrogens (primary N) is 1. The van der Waals surface area contributed by atoms with Crippen molar-refractivity contribution < 1.29 is 13.2 Å². The van der Waals surface area contributed by atoms with Gasteiger partial charge in [-0.2, -0.15) is 0 Å². The Labute approximate surface area is 126 Å². The topological polar surface area (TPSA) is 80.5 Å². The third-order valence-electron chi connectivity index (χ3n) is 3.83. The van der Waals surface area contributed by atoms with Crippen molar-refractivity contribution in [1.82, 2.24) is 4.90 Å². The molecule has 0 aliphatic carbocycles. The van der Waals surface area contributed by atoms with E-state index in [1.165, 1.54) is 0 Å². The van der Waals surface area contributed by atoms with Crippen molar-refractivity contribution in [2.75, 3.05) is 19.3 Å². The van der Waals surface area contributed by atoms with Gasteiger partial charge in [0.25, 0.3) is 0 Å². The maximum atomic E-state index is 12.6. The lowest BCUT2D eigenvalue weighted by Gasteiger charge is -2.33. The quantitative estimate of drug-likeness (QED) is 0.883. The Morgan fingerprint density at radius 2 is 2.05 bits per heavy atom. The highest BCUT2D eigenvalue weighted by Crippen LogP contribution is 2.16. The van der Waals surface area contributed by atoms with Crippen LogP contribution < -0.4 is 5.73 Å². The number of carbonyl (C=O) groups excluding carboxylic acids is 1. The van der Waals surface area contributed by atoms with Gasteiger partial charge in [0.05, 0.1) is 0 Å². The van der Waals surface area contributed by atoms with Gasteiger partial charge in [0.1, 0.15) is 5.25 Å². The molecule has 2 rings (SSSR count). The lowest BCUT2D eigenvalue weighted by molar-refractivity contribution is -0.131. The molecular weight excluding hydrogens is 288 g/mol. The number of likely N-dealkylation sites (tertiary alicyclic amines) is 1. The second-order valence-corrected chi connectivity index (χ2v) is 7.92. The molecule has 2 atom stereocenters. The summed E-state index contributed by atoms with van der Waals surface area (Å²) in [7, 11) is -3.46. The fourth-order valence-electron chi connectivity index (χ4n) is 2.66. The molecule has 0 unspecified atom stereocenters. The Kier molecular flexibility index (Phi) is 5.00. The minimum atomic E-state index is -3.46. The van der Waals surface area contributed by atoms with Gasteiger partial charge in [-0.15, -0.1) is 0 Å². The van der Waals surface area contributed by atoms with Gasteiger partial charge in [0.15, 0.2) is 9.84 Å². The van der Waals surface area contributed by atoms with Crippen molar-refractivity contribution >= 4 is 15.7 Å². The first-order valence-corrected chi connectivity index (χ1v) is 9.10. The minimum absolute atomic E-state index is 0.0559. The SMILES string of the molecule is CS(=O)(=O)[C@@H](Cc1ccccc1)C(=O)N1CCC[C@@H](N)C1. The fraction of sp³-hybridized carbons (Fsp3) is 0.533. The van der Waals surface area contributed by atoms with Gasteiger partial charge in [-0.1, -0.05) is 30.3 Å². The van der Waals surface area contributed by atoms with Crippen LogP contribution in [0.1, 0.15) is 18.4 Å². The summed E-state index contributed by atoms with van der Waals surface area (Å²) in [6.45, 7) is 1.03. The number of benzene rings is 1. The summed E-state index contributed by atoms with van der Waals surface area (Å²) < 4.78 is 24.0. The van der Waals surface area contributed by atoms with Crippen LogP contribution in [0.3, 0.4) is 0 Å². The van der Waals surface area contributed by atoms with Crippen LogP contribution in [0.2, 0.25) is 0 Å². The lowest BCUT2D eigenvalue weighted by atomic mass is 10.0. The van der Waals surface area contributed by atoms with Crippen molar-refractivity contribution in [1.29, 1.82) is 0 Å². The summed E-state index contributed by atoms with van der Waals surface area (Å²) >= 11 is 0. The first kappa shape index (κ1) is 16.0. The van der Waals surface area contributed by atoms with Crippen molar-refractivity contribution in [3.05, 3.63) is 35.9 Å². The highest BCUT2D eigenvalue weighted by Gasteiger charge is 2.34. The number of rotatable bonds is 4. The fourth-order valence-corrected chi connectivity index (χ4v) is 3.67. The molecule has 0 aromatic heterocycles. The summed E-state index contributed by atoms with van der Waals surface area (Å²) in [6, 6.07) is 9.18. The smallest absolute Gasteiger partial charge is 0.241 e. The largest absolute Gasteiger partial charge is 0.340 e.